The van der Waals surface area contributed by atoms with Gasteiger partial charge in [0.2, 0.25) is 0 Å². The zero-order valence-corrected chi connectivity index (χ0v) is 24.7. The zero-order chi connectivity index (χ0) is 28.2. The molecule has 0 amide bonds. The first-order chi connectivity index (χ1) is 18.8. The Morgan fingerprint density at radius 3 is 2.23 bits per heavy atom. The highest BCUT2D eigenvalue weighted by Crippen LogP contribution is 2.31. The van der Waals surface area contributed by atoms with Crippen LogP contribution in [0.2, 0.25) is 10.0 Å². The standard InChI is InChI=1S/C30H35Cl2NO5S/c1-21(30(34)35)28-27(18-15-23(33-28)20-39(36)29-25(31)11-9-12-26(29)32)38-19-8-6-4-3-5-7-10-22-13-16-24(37-2)17-14-22/h9,11-18,21H,3-8,10,19-20H2,1-2H3,(H,34,35). The summed E-state index contributed by atoms with van der Waals surface area (Å²) in [6, 6.07) is 16.6. The number of rotatable bonds is 16. The van der Waals surface area contributed by atoms with Crippen molar-refractivity contribution < 1.29 is 23.6 Å². The number of unbranched alkanes of at least 4 members (excludes halogenated alkanes) is 5. The van der Waals surface area contributed by atoms with Crippen LogP contribution < -0.4 is 9.47 Å². The van der Waals surface area contributed by atoms with E-state index in [4.69, 9.17) is 32.7 Å². The Kier molecular flexibility index (Phi) is 12.6. The van der Waals surface area contributed by atoms with Gasteiger partial charge in [-0.3, -0.25) is 14.0 Å². The summed E-state index contributed by atoms with van der Waals surface area (Å²) in [6.45, 7) is 2.04. The summed E-state index contributed by atoms with van der Waals surface area (Å²) >= 11 is 12.4. The lowest BCUT2D eigenvalue weighted by molar-refractivity contribution is -0.138. The van der Waals surface area contributed by atoms with E-state index in [1.54, 1.807) is 44.4 Å². The number of carboxylic acid groups (broad SMARTS) is 1. The zero-order valence-electron chi connectivity index (χ0n) is 22.3. The second-order valence-electron chi connectivity index (χ2n) is 9.35. The van der Waals surface area contributed by atoms with Crippen molar-refractivity contribution in [2.24, 2.45) is 0 Å². The van der Waals surface area contributed by atoms with E-state index in [0.29, 0.717) is 38.7 Å². The van der Waals surface area contributed by atoms with Crippen LogP contribution in [0.4, 0.5) is 0 Å². The number of aryl methyl sites for hydroxylation is 1. The second kappa shape index (κ2) is 15.8. The van der Waals surface area contributed by atoms with Gasteiger partial charge >= 0.3 is 5.97 Å². The normalized spacial score (nSPS) is 12.6. The van der Waals surface area contributed by atoms with E-state index in [1.165, 1.54) is 18.4 Å². The highest BCUT2D eigenvalue weighted by Gasteiger charge is 2.22. The first kappa shape index (κ1) is 30.9. The molecule has 2 aromatic carbocycles. The smallest absolute Gasteiger partial charge is 0.312 e. The molecule has 0 saturated carbocycles. The lowest BCUT2D eigenvalue weighted by Crippen LogP contribution is -2.13. The number of pyridine rings is 1. The lowest BCUT2D eigenvalue weighted by atomic mass is 10.0. The van der Waals surface area contributed by atoms with Crippen molar-refractivity contribution in [3.63, 3.8) is 0 Å². The van der Waals surface area contributed by atoms with Gasteiger partial charge in [-0.1, -0.05) is 67.1 Å². The summed E-state index contributed by atoms with van der Waals surface area (Å²) in [5, 5.41) is 10.2. The lowest BCUT2D eigenvalue weighted by Gasteiger charge is -2.15. The Morgan fingerprint density at radius 2 is 1.59 bits per heavy atom. The Morgan fingerprint density at radius 1 is 0.949 bits per heavy atom. The van der Waals surface area contributed by atoms with E-state index in [9.17, 15) is 14.1 Å². The van der Waals surface area contributed by atoms with Gasteiger partial charge in [0.1, 0.15) is 11.5 Å². The molecule has 1 N–H and O–H groups in total. The van der Waals surface area contributed by atoms with Crippen LogP contribution in [0.3, 0.4) is 0 Å². The van der Waals surface area contributed by atoms with Gasteiger partial charge in [-0.05, 0) is 68.1 Å². The van der Waals surface area contributed by atoms with Gasteiger partial charge in [0.15, 0.2) is 0 Å². The molecule has 0 saturated heterocycles. The van der Waals surface area contributed by atoms with Crippen molar-refractivity contribution in [1.82, 2.24) is 4.98 Å². The number of carboxylic acids is 1. The molecule has 0 radical (unpaired) electrons. The summed E-state index contributed by atoms with van der Waals surface area (Å²) in [5.41, 5.74) is 2.13. The number of benzene rings is 2. The maximum absolute atomic E-state index is 12.9. The van der Waals surface area contributed by atoms with Gasteiger partial charge in [0.25, 0.3) is 0 Å². The maximum atomic E-state index is 12.9. The molecule has 0 bridgehead atoms. The number of nitrogens with zero attached hydrogens (tertiary/aromatic N) is 1. The molecule has 2 atom stereocenters. The number of aromatic nitrogens is 1. The number of aliphatic carboxylic acids is 1. The Bertz CT molecular complexity index is 1230. The quantitative estimate of drug-likeness (QED) is 0.171. The van der Waals surface area contributed by atoms with Gasteiger partial charge < -0.3 is 14.6 Å². The predicted octanol–water partition coefficient (Wildman–Crippen LogP) is 7.86. The predicted molar refractivity (Wildman–Crippen MR) is 157 cm³/mol. The van der Waals surface area contributed by atoms with Crippen LogP contribution in [0.1, 0.15) is 68.3 Å². The Hall–Kier alpha value is -2.61. The molecule has 2 unspecified atom stereocenters. The molecule has 3 aromatic rings. The van der Waals surface area contributed by atoms with Gasteiger partial charge in [0.05, 0.1) is 62.5 Å². The van der Waals surface area contributed by atoms with Crippen molar-refractivity contribution in [1.29, 1.82) is 0 Å². The molecule has 0 aliphatic rings. The molecule has 3 rings (SSSR count). The first-order valence-electron chi connectivity index (χ1n) is 13.1. The number of halogens is 2. The SMILES string of the molecule is COc1ccc(CCCCCCCCOc2ccc(CS(=O)c3c(Cl)cccc3Cl)nc2C(C)C(=O)O)cc1. The van der Waals surface area contributed by atoms with Crippen molar-refractivity contribution >= 4 is 40.0 Å². The second-order valence-corrected chi connectivity index (χ2v) is 11.6. The molecular formula is C30H35Cl2NO5S. The molecule has 9 heteroatoms. The molecule has 6 nitrogen and oxygen atoms in total. The van der Waals surface area contributed by atoms with Gasteiger partial charge in [-0.2, -0.15) is 0 Å². The summed E-state index contributed by atoms with van der Waals surface area (Å²) in [4.78, 5) is 16.6. The van der Waals surface area contributed by atoms with Crippen molar-refractivity contribution in [3.8, 4) is 11.5 Å². The fourth-order valence-electron chi connectivity index (χ4n) is 4.15. The Balaban J connectivity index is 1.46. The van der Waals surface area contributed by atoms with Gasteiger partial charge in [-0.25, -0.2) is 0 Å². The van der Waals surface area contributed by atoms with Crippen molar-refractivity contribution in [2.75, 3.05) is 13.7 Å². The first-order valence-corrected chi connectivity index (χ1v) is 15.2. The minimum atomic E-state index is -1.54. The molecule has 0 fully saturated rings. The highest BCUT2D eigenvalue weighted by molar-refractivity contribution is 7.84. The van der Waals surface area contributed by atoms with Crippen LogP contribution in [0.15, 0.2) is 59.5 Å². The maximum Gasteiger partial charge on any atom is 0.312 e. The molecule has 1 heterocycles. The van der Waals surface area contributed by atoms with Crippen LogP contribution >= 0.6 is 23.2 Å². The summed E-state index contributed by atoms with van der Waals surface area (Å²) in [5.74, 6) is -0.499. The molecule has 210 valence electrons. The number of ether oxygens (including phenoxy) is 2. The third-order valence-electron chi connectivity index (χ3n) is 6.43. The monoisotopic (exact) mass is 591 g/mol. The van der Waals surface area contributed by atoms with E-state index in [1.807, 2.05) is 12.1 Å². The molecule has 0 aliphatic heterocycles. The summed E-state index contributed by atoms with van der Waals surface area (Å²) in [7, 11) is 0.135. The average molecular weight is 593 g/mol. The van der Waals surface area contributed by atoms with Crippen LogP contribution in [0.5, 0.6) is 11.5 Å². The average Bonchev–Trinajstić information content (AvgIpc) is 2.92. The number of hydrogen-bond donors (Lipinski definition) is 1. The van der Waals surface area contributed by atoms with Crippen LogP contribution in [0, 0.1) is 0 Å². The number of hydrogen-bond acceptors (Lipinski definition) is 5. The number of carbonyl (C=O) groups is 1. The summed E-state index contributed by atoms with van der Waals surface area (Å²) in [6.07, 6.45) is 7.60. The van der Waals surface area contributed by atoms with E-state index in [0.717, 1.165) is 37.9 Å². The topological polar surface area (TPSA) is 85.7 Å². The highest BCUT2D eigenvalue weighted by atomic mass is 35.5. The summed E-state index contributed by atoms with van der Waals surface area (Å²) < 4.78 is 24.1. The van der Waals surface area contributed by atoms with Gasteiger partial charge in [-0.15, -0.1) is 0 Å². The molecule has 1 aromatic heterocycles. The van der Waals surface area contributed by atoms with E-state index < -0.39 is 22.7 Å². The minimum Gasteiger partial charge on any atom is -0.497 e. The number of methoxy groups -OCH3 is 1. The molecular weight excluding hydrogens is 557 g/mol. The van der Waals surface area contributed by atoms with E-state index >= 15 is 0 Å². The van der Waals surface area contributed by atoms with E-state index in [-0.39, 0.29) is 5.75 Å². The molecule has 0 aliphatic carbocycles. The third-order valence-corrected chi connectivity index (χ3v) is 8.73. The van der Waals surface area contributed by atoms with Gasteiger partial charge in [0, 0.05) is 0 Å². The third kappa shape index (κ3) is 9.52. The van der Waals surface area contributed by atoms with Crippen molar-refractivity contribution in [2.45, 2.75) is 68.4 Å². The van der Waals surface area contributed by atoms with Crippen LogP contribution in [-0.2, 0) is 27.8 Å². The minimum absolute atomic E-state index is 0.0571. The fraction of sp³-hybridized carbons (Fsp3) is 0.400. The van der Waals surface area contributed by atoms with E-state index in [2.05, 4.69) is 17.1 Å². The van der Waals surface area contributed by atoms with Crippen LogP contribution in [-0.4, -0.2) is 34.0 Å². The molecule has 0 spiro atoms. The Labute approximate surface area is 243 Å². The largest absolute Gasteiger partial charge is 0.497 e. The van der Waals surface area contributed by atoms with Crippen LogP contribution in [0.25, 0.3) is 0 Å². The van der Waals surface area contributed by atoms with Crippen molar-refractivity contribution in [3.05, 3.63) is 81.6 Å². The fourth-order valence-corrected chi connectivity index (χ4v) is 6.21. The molecule has 39 heavy (non-hydrogen) atoms.